The molecule has 1 aromatic carbocycles. The van der Waals surface area contributed by atoms with Gasteiger partial charge in [-0.05, 0) is 12.1 Å². The van der Waals surface area contributed by atoms with Crippen LogP contribution in [0.4, 0.5) is 0 Å². The van der Waals surface area contributed by atoms with Crippen LogP contribution in [0.3, 0.4) is 0 Å². The van der Waals surface area contributed by atoms with Crippen LogP contribution in [-0.4, -0.2) is 44.5 Å². The van der Waals surface area contributed by atoms with Gasteiger partial charge in [0, 0.05) is 24.3 Å². The van der Waals surface area contributed by atoms with E-state index in [4.69, 9.17) is 4.74 Å². The summed E-state index contributed by atoms with van der Waals surface area (Å²) in [5.74, 6) is 0.209. The number of rotatable bonds is 7. The molecule has 0 aliphatic heterocycles. The van der Waals surface area contributed by atoms with Crippen LogP contribution in [0.2, 0.25) is 0 Å². The van der Waals surface area contributed by atoms with Crippen molar-refractivity contribution in [2.24, 2.45) is 0 Å². The zero-order valence-electron chi connectivity index (χ0n) is 12.3. The number of hydrogen-bond donors (Lipinski definition) is 1. The van der Waals surface area contributed by atoms with Gasteiger partial charge in [-0.2, -0.15) is 0 Å². The number of pyridine rings is 1. The molecule has 1 aromatic heterocycles. The lowest BCUT2D eigenvalue weighted by atomic mass is 10.2. The summed E-state index contributed by atoms with van der Waals surface area (Å²) in [6, 6.07) is 9.45. The summed E-state index contributed by atoms with van der Waals surface area (Å²) in [5.41, 5.74) is 0.772. The van der Waals surface area contributed by atoms with Crippen LogP contribution in [0.15, 0.2) is 36.5 Å². The Bertz CT molecular complexity index is 754. The van der Waals surface area contributed by atoms with Crippen molar-refractivity contribution in [1.29, 1.82) is 0 Å². The number of para-hydroxylation sites is 1. The van der Waals surface area contributed by atoms with E-state index >= 15 is 0 Å². The van der Waals surface area contributed by atoms with Crippen LogP contribution in [0.25, 0.3) is 10.9 Å². The number of hydrogen-bond acceptors (Lipinski definition) is 5. The summed E-state index contributed by atoms with van der Waals surface area (Å²) in [4.78, 5) is 15.7. The minimum atomic E-state index is -3.12. The van der Waals surface area contributed by atoms with Gasteiger partial charge in [0.15, 0.2) is 0 Å². The Morgan fingerprint density at radius 1 is 1.27 bits per heavy atom. The predicted octanol–water partition coefficient (Wildman–Crippen LogP) is 1.16. The highest BCUT2D eigenvalue weighted by Crippen LogP contribution is 2.22. The first kappa shape index (κ1) is 16.2. The SMILES string of the molecule is CS(=O)(=O)CCC(=O)NCCOc1cccc2cccnc12. The van der Waals surface area contributed by atoms with Crippen molar-refractivity contribution in [1.82, 2.24) is 10.3 Å². The minimum Gasteiger partial charge on any atom is -0.489 e. The molecule has 0 fully saturated rings. The van der Waals surface area contributed by atoms with Gasteiger partial charge in [-0.3, -0.25) is 9.78 Å². The Kier molecular flexibility index (Phi) is 5.32. The van der Waals surface area contributed by atoms with Crippen LogP contribution >= 0.6 is 0 Å². The highest BCUT2D eigenvalue weighted by molar-refractivity contribution is 7.90. The lowest BCUT2D eigenvalue weighted by Crippen LogP contribution is -2.29. The molecule has 118 valence electrons. The Labute approximate surface area is 129 Å². The van der Waals surface area contributed by atoms with Gasteiger partial charge in [0.25, 0.3) is 0 Å². The summed E-state index contributed by atoms with van der Waals surface area (Å²) in [6.07, 6.45) is 2.77. The summed E-state index contributed by atoms with van der Waals surface area (Å²) >= 11 is 0. The summed E-state index contributed by atoms with van der Waals surface area (Å²) in [7, 11) is -3.12. The molecule has 0 bridgehead atoms. The highest BCUT2D eigenvalue weighted by atomic mass is 32.2. The summed E-state index contributed by atoms with van der Waals surface area (Å²) in [5, 5.41) is 3.61. The summed E-state index contributed by atoms with van der Waals surface area (Å²) in [6.45, 7) is 0.603. The van der Waals surface area contributed by atoms with Gasteiger partial charge < -0.3 is 10.1 Å². The van der Waals surface area contributed by atoms with Gasteiger partial charge in [0.2, 0.25) is 5.91 Å². The van der Waals surface area contributed by atoms with Gasteiger partial charge in [-0.25, -0.2) is 8.42 Å². The van der Waals surface area contributed by atoms with Gasteiger partial charge in [-0.15, -0.1) is 0 Å². The molecule has 0 unspecified atom stereocenters. The van der Waals surface area contributed by atoms with Crippen molar-refractivity contribution in [3.63, 3.8) is 0 Å². The second-order valence-electron chi connectivity index (χ2n) is 4.91. The normalized spacial score (nSPS) is 11.3. The minimum absolute atomic E-state index is 0.0331. The molecule has 1 N–H and O–H groups in total. The number of ether oxygens (including phenoxy) is 1. The Morgan fingerprint density at radius 2 is 2.05 bits per heavy atom. The zero-order valence-corrected chi connectivity index (χ0v) is 13.1. The van der Waals surface area contributed by atoms with E-state index in [0.29, 0.717) is 18.9 Å². The third-order valence-corrected chi connectivity index (χ3v) is 3.92. The molecule has 22 heavy (non-hydrogen) atoms. The highest BCUT2D eigenvalue weighted by Gasteiger charge is 2.07. The average molecular weight is 322 g/mol. The van der Waals surface area contributed by atoms with E-state index in [1.807, 2.05) is 30.3 Å². The number of amides is 1. The van der Waals surface area contributed by atoms with Crippen LogP contribution in [-0.2, 0) is 14.6 Å². The summed E-state index contributed by atoms with van der Waals surface area (Å²) < 4.78 is 27.5. The van der Waals surface area contributed by atoms with E-state index in [-0.39, 0.29) is 18.1 Å². The molecule has 0 radical (unpaired) electrons. The quantitative estimate of drug-likeness (QED) is 0.773. The molecule has 0 atom stereocenters. The first-order valence-corrected chi connectivity index (χ1v) is 8.93. The number of sulfone groups is 1. The largest absolute Gasteiger partial charge is 0.489 e. The van der Waals surface area contributed by atoms with Gasteiger partial charge in [0.05, 0.1) is 12.3 Å². The van der Waals surface area contributed by atoms with E-state index in [0.717, 1.165) is 17.2 Å². The lowest BCUT2D eigenvalue weighted by molar-refractivity contribution is -0.120. The molecule has 1 heterocycles. The van der Waals surface area contributed by atoms with Crippen molar-refractivity contribution < 1.29 is 17.9 Å². The van der Waals surface area contributed by atoms with Crippen molar-refractivity contribution in [2.75, 3.05) is 25.2 Å². The monoisotopic (exact) mass is 322 g/mol. The van der Waals surface area contributed by atoms with Crippen molar-refractivity contribution >= 4 is 26.6 Å². The van der Waals surface area contributed by atoms with Crippen LogP contribution in [0.5, 0.6) is 5.75 Å². The van der Waals surface area contributed by atoms with Crippen LogP contribution in [0, 0.1) is 0 Å². The first-order valence-electron chi connectivity index (χ1n) is 6.87. The molecule has 2 rings (SSSR count). The Hall–Kier alpha value is -2.15. The van der Waals surface area contributed by atoms with Crippen LogP contribution < -0.4 is 10.1 Å². The molecule has 0 aliphatic carbocycles. The molecular formula is C15H18N2O4S. The average Bonchev–Trinajstić information content (AvgIpc) is 2.49. The van der Waals surface area contributed by atoms with Crippen molar-refractivity contribution in [3.05, 3.63) is 36.5 Å². The molecular weight excluding hydrogens is 304 g/mol. The number of carbonyl (C=O) groups is 1. The third kappa shape index (κ3) is 5.00. The topological polar surface area (TPSA) is 85.4 Å². The second kappa shape index (κ2) is 7.22. The Balaban J connectivity index is 1.80. The van der Waals surface area contributed by atoms with Gasteiger partial charge in [0.1, 0.15) is 27.7 Å². The molecule has 7 heteroatoms. The predicted molar refractivity (Wildman–Crippen MR) is 84.6 cm³/mol. The molecule has 0 aliphatic rings. The van der Waals surface area contributed by atoms with E-state index in [9.17, 15) is 13.2 Å². The lowest BCUT2D eigenvalue weighted by Gasteiger charge is -2.09. The number of nitrogens with one attached hydrogen (secondary N) is 1. The Morgan fingerprint density at radius 3 is 2.82 bits per heavy atom. The van der Waals surface area contributed by atoms with E-state index in [1.54, 1.807) is 6.20 Å². The van der Waals surface area contributed by atoms with Gasteiger partial charge >= 0.3 is 0 Å². The molecule has 6 nitrogen and oxygen atoms in total. The van der Waals surface area contributed by atoms with Gasteiger partial charge in [-0.1, -0.05) is 18.2 Å². The fraction of sp³-hybridized carbons (Fsp3) is 0.333. The van der Waals surface area contributed by atoms with E-state index in [1.165, 1.54) is 0 Å². The maximum atomic E-state index is 11.5. The first-order chi connectivity index (χ1) is 10.5. The number of nitrogens with zero attached hydrogens (tertiary/aromatic N) is 1. The molecule has 0 saturated carbocycles. The molecule has 0 saturated heterocycles. The number of aromatic nitrogens is 1. The number of fused-ring (bicyclic) bond motifs is 1. The van der Waals surface area contributed by atoms with Crippen LogP contribution in [0.1, 0.15) is 6.42 Å². The standard InChI is InChI=1S/C15H18N2O4S/c1-22(19,20)11-7-14(18)16-9-10-21-13-6-2-4-12-5-3-8-17-15(12)13/h2-6,8H,7,9-11H2,1H3,(H,16,18). The van der Waals surface area contributed by atoms with Crippen molar-refractivity contribution in [3.8, 4) is 5.75 Å². The number of carbonyl (C=O) groups excluding carboxylic acids is 1. The second-order valence-corrected chi connectivity index (χ2v) is 7.17. The third-order valence-electron chi connectivity index (χ3n) is 2.98. The fourth-order valence-electron chi connectivity index (χ4n) is 1.91. The fourth-order valence-corrected chi connectivity index (χ4v) is 2.47. The molecule has 2 aromatic rings. The molecule has 0 spiro atoms. The van der Waals surface area contributed by atoms with E-state index < -0.39 is 9.84 Å². The zero-order chi connectivity index (χ0) is 16.0. The number of benzene rings is 1. The molecule has 1 amide bonds. The van der Waals surface area contributed by atoms with Crippen molar-refractivity contribution in [2.45, 2.75) is 6.42 Å². The maximum absolute atomic E-state index is 11.5. The smallest absolute Gasteiger partial charge is 0.221 e. The van der Waals surface area contributed by atoms with E-state index in [2.05, 4.69) is 10.3 Å². The maximum Gasteiger partial charge on any atom is 0.221 e.